The summed E-state index contributed by atoms with van der Waals surface area (Å²) in [5.41, 5.74) is 1.93. The summed E-state index contributed by atoms with van der Waals surface area (Å²) < 4.78 is 42.8. The maximum Gasteiger partial charge on any atom is 0.265 e. The lowest BCUT2D eigenvalue weighted by molar-refractivity contribution is 0.0728. The van der Waals surface area contributed by atoms with Gasteiger partial charge in [-0.25, -0.2) is 22.5 Å². The number of rotatable bonds is 6. The summed E-state index contributed by atoms with van der Waals surface area (Å²) in [5.74, 6) is -0.379. The number of aryl methyl sites for hydroxylation is 2. The number of benzene rings is 1. The van der Waals surface area contributed by atoms with Crippen molar-refractivity contribution in [3.8, 4) is 10.7 Å². The van der Waals surface area contributed by atoms with Gasteiger partial charge in [-0.05, 0) is 49.9 Å². The first-order chi connectivity index (χ1) is 15.2. The predicted octanol–water partition coefficient (Wildman–Crippen LogP) is 3.70. The summed E-state index contributed by atoms with van der Waals surface area (Å²) in [6, 6.07) is 7.21. The van der Waals surface area contributed by atoms with E-state index < -0.39 is 10.0 Å². The minimum absolute atomic E-state index is 0.00558. The highest BCUT2D eigenvalue weighted by atomic mass is 32.2. The fourth-order valence-electron chi connectivity index (χ4n) is 3.70. The first kappa shape index (κ1) is 22.6. The zero-order chi connectivity index (χ0) is 22.9. The van der Waals surface area contributed by atoms with Gasteiger partial charge in [0.05, 0.1) is 11.4 Å². The molecule has 7 nitrogen and oxygen atoms in total. The van der Waals surface area contributed by atoms with Gasteiger partial charge in [0.1, 0.15) is 20.6 Å². The average Bonchev–Trinajstić information content (AvgIpc) is 3.36. The maximum absolute atomic E-state index is 13.0. The van der Waals surface area contributed by atoms with Gasteiger partial charge in [0.2, 0.25) is 10.0 Å². The van der Waals surface area contributed by atoms with Crippen LogP contribution >= 0.6 is 11.3 Å². The van der Waals surface area contributed by atoms with Gasteiger partial charge in [0, 0.05) is 32.9 Å². The Labute approximate surface area is 191 Å². The highest BCUT2D eigenvalue weighted by molar-refractivity contribution is 7.89. The Kier molecular flexibility index (Phi) is 6.45. The molecule has 1 N–H and O–H groups in total. The molecule has 1 saturated heterocycles. The van der Waals surface area contributed by atoms with E-state index in [4.69, 9.17) is 0 Å². The zero-order valence-electron chi connectivity index (χ0n) is 18.0. The number of nitrogens with one attached hydrogen (secondary N) is 1. The van der Waals surface area contributed by atoms with Crippen molar-refractivity contribution < 1.29 is 17.6 Å². The van der Waals surface area contributed by atoms with Crippen LogP contribution in [-0.4, -0.2) is 41.9 Å². The fourth-order valence-corrected chi connectivity index (χ4v) is 5.88. The molecule has 1 amide bonds. The molecule has 2 aromatic heterocycles. The van der Waals surface area contributed by atoms with Crippen LogP contribution in [0.3, 0.4) is 0 Å². The summed E-state index contributed by atoms with van der Waals surface area (Å²) in [6.45, 7) is 3.38. The Morgan fingerprint density at radius 1 is 1.19 bits per heavy atom. The summed E-state index contributed by atoms with van der Waals surface area (Å²) in [5, 5.41) is 0.602. The number of likely N-dealkylation sites (tertiary alicyclic amines) is 1. The SMILES string of the molecule is Cc1nc(-c2cc(S(=O)(=O)NCc3ccc(F)cc3)cn2C)sc1C(=O)N1CCCCC1. The molecule has 0 aliphatic carbocycles. The van der Waals surface area contributed by atoms with Crippen molar-refractivity contribution in [3.05, 3.63) is 58.5 Å². The number of nitrogens with zero attached hydrogens (tertiary/aromatic N) is 3. The van der Waals surface area contributed by atoms with E-state index in [1.807, 2.05) is 11.8 Å². The number of hydrogen-bond donors (Lipinski definition) is 1. The second-order valence-electron chi connectivity index (χ2n) is 7.91. The Morgan fingerprint density at radius 3 is 2.56 bits per heavy atom. The van der Waals surface area contributed by atoms with Gasteiger partial charge >= 0.3 is 0 Å². The summed E-state index contributed by atoms with van der Waals surface area (Å²) >= 11 is 1.29. The van der Waals surface area contributed by atoms with Crippen LogP contribution in [-0.2, 0) is 23.6 Å². The van der Waals surface area contributed by atoms with Crippen molar-refractivity contribution in [2.75, 3.05) is 13.1 Å². The minimum Gasteiger partial charge on any atom is -0.347 e. The second kappa shape index (κ2) is 9.13. The molecule has 1 fully saturated rings. The van der Waals surface area contributed by atoms with Crippen molar-refractivity contribution in [1.29, 1.82) is 0 Å². The molecule has 1 aliphatic rings. The third-order valence-corrected chi connectivity index (χ3v) is 8.06. The molecule has 1 aliphatic heterocycles. The molecule has 0 unspecified atom stereocenters. The number of aromatic nitrogens is 2. The van der Waals surface area contributed by atoms with Crippen molar-refractivity contribution in [2.45, 2.75) is 37.6 Å². The van der Waals surface area contributed by atoms with Gasteiger partial charge in [0.15, 0.2) is 0 Å². The van der Waals surface area contributed by atoms with Crippen LogP contribution < -0.4 is 4.72 Å². The van der Waals surface area contributed by atoms with Crippen molar-refractivity contribution in [1.82, 2.24) is 19.2 Å². The van der Waals surface area contributed by atoms with Gasteiger partial charge in [-0.3, -0.25) is 4.79 Å². The van der Waals surface area contributed by atoms with Crippen molar-refractivity contribution in [2.24, 2.45) is 7.05 Å². The number of piperidine rings is 1. The van der Waals surface area contributed by atoms with Crippen LogP contribution in [0, 0.1) is 12.7 Å². The van der Waals surface area contributed by atoms with Crippen LogP contribution in [0.2, 0.25) is 0 Å². The molecule has 0 bridgehead atoms. The van der Waals surface area contributed by atoms with E-state index in [1.54, 1.807) is 17.7 Å². The van der Waals surface area contributed by atoms with Gasteiger partial charge in [-0.15, -0.1) is 11.3 Å². The van der Waals surface area contributed by atoms with Gasteiger partial charge in [-0.1, -0.05) is 12.1 Å². The average molecular weight is 477 g/mol. The van der Waals surface area contributed by atoms with Crippen LogP contribution in [0.4, 0.5) is 4.39 Å². The van der Waals surface area contributed by atoms with E-state index in [-0.39, 0.29) is 23.2 Å². The first-order valence-electron chi connectivity index (χ1n) is 10.4. The fraction of sp³-hybridized carbons (Fsp3) is 0.364. The number of thiazole rings is 1. The number of carbonyl (C=O) groups is 1. The molecule has 0 saturated carbocycles. The molecule has 10 heteroatoms. The molecule has 0 spiro atoms. The maximum atomic E-state index is 13.0. The third-order valence-electron chi connectivity index (χ3n) is 5.52. The van der Waals surface area contributed by atoms with Gasteiger partial charge in [-0.2, -0.15) is 0 Å². The zero-order valence-corrected chi connectivity index (χ0v) is 19.6. The molecule has 32 heavy (non-hydrogen) atoms. The summed E-state index contributed by atoms with van der Waals surface area (Å²) in [7, 11) is -2.03. The molecule has 170 valence electrons. The number of hydrogen-bond acceptors (Lipinski definition) is 5. The van der Waals surface area contributed by atoms with E-state index in [0.29, 0.717) is 26.8 Å². The lowest BCUT2D eigenvalue weighted by atomic mass is 10.1. The van der Waals surface area contributed by atoms with E-state index >= 15 is 0 Å². The Bertz CT molecular complexity index is 1230. The van der Waals surface area contributed by atoms with Crippen LogP contribution in [0.25, 0.3) is 10.7 Å². The van der Waals surface area contributed by atoms with Gasteiger partial charge in [0.25, 0.3) is 5.91 Å². The highest BCUT2D eigenvalue weighted by Gasteiger charge is 2.25. The molecular weight excluding hydrogens is 451 g/mol. The largest absolute Gasteiger partial charge is 0.347 e. The number of carbonyl (C=O) groups excluding carboxylic acids is 1. The highest BCUT2D eigenvalue weighted by Crippen LogP contribution is 2.31. The third kappa shape index (κ3) is 4.77. The Balaban J connectivity index is 1.54. The lowest BCUT2D eigenvalue weighted by Crippen LogP contribution is -2.35. The monoisotopic (exact) mass is 476 g/mol. The molecule has 0 radical (unpaired) electrons. The van der Waals surface area contributed by atoms with Crippen LogP contribution in [0.15, 0.2) is 41.4 Å². The topological polar surface area (TPSA) is 84.3 Å². The van der Waals surface area contributed by atoms with Crippen molar-refractivity contribution in [3.63, 3.8) is 0 Å². The van der Waals surface area contributed by atoms with E-state index in [9.17, 15) is 17.6 Å². The number of sulfonamides is 1. The Morgan fingerprint density at radius 2 is 1.88 bits per heavy atom. The van der Waals surface area contributed by atoms with E-state index in [0.717, 1.165) is 32.4 Å². The predicted molar refractivity (Wildman–Crippen MR) is 121 cm³/mol. The Hall–Kier alpha value is -2.56. The summed E-state index contributed by atoms with van der Waals surface area (Å²) in [6.07, 6.45) is 4.69. The van der Waals surface area contributed by atoms with E-state index in [2.05, 4.69) is 9.71 Å². The molecule has 3 heterocycles. The first-order valence-corrected chi connectivity index (χ1v) is 12.7. The van der Waals surface area contributed by atoms with E-state index in [1.165, 1.54) is 41.8 Å². The normalized spacial score (nSPS) is 14.7. The standard InChI is InChI=1S/C22H25FN4O3S2/c1-15-20(22(28)27-10-4-3-5-11-27)31-21(25-15)19-12-18(14-26(19)2)32(29,30)24-13-16-6-8-17(23)9-7-16/h6-9,12,14,24H,3-5,10-11,13H2,1-2H3. The van der Waals surface area contributed by atoms with Crippen molar-refractivity contribution >= 4 is 27.3 Å². The number of halogens is 1. The van der Waals surface area contributed by atoms with Crippen LogP contribution in [0.5, 0.6) is 0 Å². The second-order valence-corrected chi connectivity index (χ2v) is 10.7. The quantitative estimate of drug-likeness (QED) is 0.588. The molecule has 0 atom stereocenters. The summed E-state index contributed by atoms with van der Waals surface area (Å²) in [4.78, 5) is 20.0. The molecule has 1 aromatic carbocycles. The smallest absolute Gasteiger partial charge is 0.265 e. The molecular formula is C22H25FN4O3S2. The number of amides is 1. The molecule has 4 rings (SSSR count). The van der Waals surface area contributed by atoms with Crippen LogP contribution in [0.1, 0.15) is 40.2 Å². The molecule has 3 aromatic rings. The van der Waals surface area contributed by atoms with Gasteiger partial charge < -0.3 is 9.47 Å². The lowest BCUT2D eigenvalue weighted by Gasteiger charge is -2.26. The minimum atomic E-state index is -3.78.